The summed E-state index contributed by atoms with van der Waals surface area (Å²) in [6.45, 7) is 23.6. The fourth-order valence-corrected chi connectivity index (χ4v) is 10.7. The zero-order chi connectivity index (χ0) is 44.1. The highest BCUT2D eigenvalue weighted by atomic mass is 15.1. The molecule has 0 aliphatic heterocycles. The van der Waals surface area contributed by atoms with Gasteiger partial charge in [-0.3, -0.25) is 0 Å². The van der Waals surface area contributed by atoms with Crippen molar-refractivity contribution in [3.05, 3.63) is 185 Å². The van der Waals surface area contributed by atoms with Crippen LogP contribution in [0.4, 0.5) is 17.1 Å². The van der Waals surface area contributed by atoms with E-state index in [1.54, 1.807) is 0 Å². The first kappa shape index (κ1) is 40.7. The van der Waals surface area contributed by atoms with Gasteiger partial charge in [0.15, 0.2) is 5.82 Å². The third-order valence-electron chi connectivity index (χ3n) is 14.5. The molecule has 0 saturated heterocycles. The Kier molecular flexibility index (Phi) is 9.46. The highest BCUT2D eigenvalue weighted by molar-refractivity contribution is 5.97. The summed E-state index contributed by atoms with van der Waals surface area (Å²) in [6, 6.07) is 56.4. The molecule has 1 heterocycles. The number of aromatic nitrogens is 2. The predicted molar refractivity (Wildman–Crippen MR) is 267 cm³/mol. The Balaban J connectivity index is 1.22. The number of hydrogen-bond acceptors (Lipinski definition) is 3. The van der Waals surface area contributed by atoms with Crippen molar-refractivity contribution in [1.82, 2.24) is 9.97 Å². The van der Waals surface area contributed by atoms with E-state index < -0.39 is 0 Å². The molecule has 3 nitrogen and oxygen atoms in total. The standard InChI is InChI=1S/C60H59N3/c1-11-60(12-2)50-34-40(57(3,4)5)28-32-46(50)54-51(60)35-41(58(6,7)8)36-53(54)63(43-31-33-45-44-22-16-18-24-48(44)59(9,10)49(45)37-43)42-29-26-39(27-30-42)56-61-52-25-19-17-23-47(52)55(62-56)38-20-14-13-15-21-38/h13-37H,11-12H2,1-10H3. The first-order valence-electron chi connectivity index (χ1n) is 23.0. The average Bonchev–Trinajstić information content (AvgIpc) is 3.70. The van der Waals surface area contributed by atoms with E-state index in [9.17, 15) is 0 Å². The molecule has 0 saturated carbocycles. The Hall–Kier alpha value is -6.32. The highest BCUT2D eigenvalue weighted by Crippen LogP contribution is 2.59. The van der Waals surface area contributed by atoms with Crippen molar-refractivity contribution >= 4 is 28.0 Å². The largest absolute Gasteiger partial charge is 0.310 e. The first-order chi connectivity index (χ1) is 30.1. The molecular formula is C60H59N3. The van der Waals surface area contributed by atoms with Gasteiger partial charge in [-0.1, -0.05) is 172 Å². The molecular weight excluding hydrogens is 763 g/mol. The number of hydrogen-bond donors (Lipinski definition) is 0. The van der Waals surface area contributed by atoms with Crippen molar-refractivity contribution in [3.63, 3.8) is 0 Å². The fourth-order valence-electron chi connectivity index (χ4n) is 10.7. The Bertz CT molecular complexity index is 3060. The van der Waals surface area contributed by atoms with E-state index in [4.69, 9.17) is 9.97 Å². The number of rotatable bonds is 7. The number of benzene rings is 7. The lowest BCUT2D eigenvalue weighted by Crippen LogP contribution is -2.25. The van der Waals surface area contributed by atoms with Crippen molar-refractivity contribution < 1.29 is 0 Å². The van der Waals surface area contributed by atoms with Gasteiger partial charge in [-0.05, 0) is 122 Å². The Labute approximate surface area is 374 Å². The smallest absolute Gasteiger partial charge is 0.160 e. The molecule has 0 atom stereocenters. The molecule has 0 spiro atoms. The molecule has 7 aromatic carbocycles. The molecule has 8 aromatic rings. The lowest BCUT2D eigenvalue weighted by atomic mass is 9.71. The van der Waals surface area contributed by atoms with Gasteiger partial charge in [0.25, 0.3) is 0 Å². The molecule has 2 aliphatic carbocycles. The van der Waals surface area contributed by atoms with Gasteiger partial charge in [-0.15, -0.1) is 0 Å². The van der Waals surface area contributed by atoms with E-state index in [-0.39, 0.29) is 21.7 Å². The van der Waals surface area contributed by atoms with Gasteiger partial charge in [0.1, 0.15) is 0 Å². The number of fused-ring (bicyclic) bond motifs is 7. The van der Waals surface area contributed by atoms with E-state index in [0.717, 1.165) is 57.8 Å². The summed E-state index contributed by atoms with van der Waals surface area (Å²) < 4.78 is 0. The topological polar surface area (TPSA) is 29.0 Å². The van der Waals surface area contributed by atoms with Crippen molar-refractivity contribution in [3.8, 4) is 44.9 Å². The summed E-state index contributed by atoms with van der Waals surface area (Å²) in [6.07, 6.45) is 2.06. The Morgan fingerprint density at radius 1 is 0.492 bits per heavy atom. The molecule has 2 aliphatic rings. The molecule has 0 fully saturated rings. The molecule has 0 N–H and O–H groups in total. The summed E-state index contributed by atoms with van der Waals surface area (Å²) in [7, 11) is 0. The molecule has 3 heteroatoms. The Morgan fingerprint density at radius 3 is 1.83 bits per heavy atom. The minimum absolute atomic E-state index is 0.0373. The second kappa shape index (κ2) is 14.6. The minimum atomic E-state index is -0.147. The van der Waals surface area contributed by atoms with Crippen LogP contribution in [0.25, 0.3) is 55.8 Å². The van der Waals surface area contributed by atoms with E-state index in [0.29, 0.717) is 0 Å². The van der Waals surface area contributed by atoms with Crippen molar-refractivity contribution in [2.24, 2.45) is 0 Å². The zero-order valence-electron chi connectivity index (χ0n) is 38.7. The normalized spacial score (nSPS) is 14.6. The van der Waals surface area contributed by atoms with Crippen molar-refractivity contribution in [2.45, 2.75) is 104 Å². The maximum atomic E-state index is 5.25. The SMILES string of the molecule is CCC1(CC)c2cc(C(C)(C)C)ccc2-c2c(N(c3ccc(-c4nc(-c5ccccc5)c5ccccc5n4)cc3)c3ccc4c(c3)C(C)(C)c3ccccc3-4)cc(C(C)(C)C)cc21. The van der Waals surface area contributed by atoms with Crippen LogP contribution in [-0.4, -0.2) is 9.97 Å². The average molecular weight is 822 g/mol. The fraction of sp³-hybridized carbons (Fsp3) is 0.267. The van der Waals surface area contributed by atoms with Crippen LogP contribution >= 0.6 is 0 Å². The highest BCUT2D eigenvalue weighted by Gasteiger charge is 2.44. The number of para-hydroxylation sites is 1. The van der Waals surface area contributed by atoms with Gasteiger partial charge in [-0.25, -0.2) is 9.97 Å². The van der Waals surface area contributed by atoms with Crippen LogP contribution in [0.2, 0.25) is 0 Å². The Morgan fingerprint density at radius 2 is 1.11 bits per heavy atom. The molecule has 0 radical (unpaired) electrons. The van der Waals surface area contributed by atoms with Crippen molar-refractivity contribution in [1.29, 1.82) is 0 Å². The van der Waals surface area contributed by atoms with Gasteiger partial charge >= 0.3 is 0 Å². The van der Waals surface area contributed by atoms with Gasteiger partial charge in [0.2, 0.25) is 0 Å². The molecule has 0 bridgehead atoms. The third kappa shape index (κ3) is 6.45. The number of nitrogens with zero attached hydrogens (tertiary/aromatic N) is 3. The summed E-state index contributed by atoms with van der Waals surface area (Å²) in [5.74, 6) is 0.720. The molecule has 63 heavy (non-hydrogen) atoms. The first-order valence-corrected chi connectivity index (χ1v) is 23.0. The van der Waals surface area contributed by atoms with Gasteiger partial charge in [0, 0.05) is 44.3 Å². The monoisotopic (exact) mass is 821 g/mol. The molecule has 0 amide bonds. The van der Waals surface area contributed by atoms with Crippen LogP contribution in [0.15, 0.2) is 152 Å². The van der Waals surface area contributed by atoms with Gasteiger partial charge in [-0.2, -0.15) is 0 Å². The van der Waals surface area contributed by atoms with Crippen LogP contribution in [0.5, 0.6) is 0 Å². The second-order valence-corrected chi connectivity index (χ2v) is 20.5. The number of anilines is 3. The zero-order valence-corrected chi connectivity index (χ0v) is 38.7. The molecule has 314 valence electrons. The summed E-state index contributed by atoms with van der Waals surface area (Å²) in [5.41, 5.74) is 20.9. The molecule has 0 unspecified atom stereocenters. The van der Waals surface area contributed by atoms with E-state index in [1.807, 2.05) is 0 Å². The molecule has 10 rings (SSSR count). The maximum absolute atomic E-state index is 5.25. The third-order valence-corrected chi connectivity index (χ3v) is 14.5. The second-order valence-electron chi connectivity index (χ2n) is 20.5. The van der Waals surface area contributed by atoms with Crippen LogP contribution < -0.4 is 4.90 Å². The summed E-state index contributed by atoms with van der Waals surface area (Å²) in [4.78, 5) is 12.9. The summed E-state index contributed by atoms with van der Waals surface area (Å²) in [5, 5.41) is 1.05. The predicted octanol–water partition coefficient (Wildman–Crippen LogP) is 16.4. The van der Waals surface area contributed by atoms with Crippen LogP contribution in [0.1, 0.15) is 115 Å². The lowest BCUT2D eigenvalue weighted by Gasteiger charge is -2.34. The maximum Gasteiger partial charge on any atom is 0.160 e. The van der Waals surface area contributed by atoms with Crippen LogP contribution in [-0.2, 0) is 21.7 Å². The van der Waals surface area contributed by atoms with Crippen molar-refractivity contribution in [2.75, 3.05) is 4.90 Å². The minimum Gasteiger partial charge on any atom is -0.310 e. The lowest BCUT2D eigenvalue weighted by molar-refractivity contribution is 0.485. The van der Waals surface area contributed by atoms with Gasteiger partial charge in [0.05, 0.1) is 16.9 Å². The van der Waals surface area contributed by atoms with E-state index >= 15 is 0 Å². The quantitative estimate of drug-likeness (QED) is 0.160. The van der Waals surface area contributed by atoms with Gasteiger partial charge < -0.3 is 4.90 Å². The van der Waals surface area contributed by atoms with Crippen LogP contribution in [0, 0.1) is 0 Å². The molecule has 1 aromatic heterocycles. The summed E-state index contributed by atoms with van der Waals surface area (Å²) >= 11 is 0. The van der Waals surface area contributed by atoms with E-state index in [1.165, 1.54) is 61.3 Å². The van der Waals surface area contributed by atoms with E-state index in [2.05, 4.69) is 226 Å². The van der Waals surface area contributed by atoms with Crippen LogP contribution in [0.3, 0.4) is 0 Å².